The van der Waals surface area contributed by atoms with E-state index in [0.717, 1.165) is 40.6 Å². The standard InChI is InChI=1S/C42H40NO2SSi/c1-42(2,3)33-22-16-21-32(29-33)38(45-47(34-23-12-6-13-24-34)35-25-14-7-15-26-35)36-27-28-46-40(36)41-43-37(30-17-8-4-9-18-30)39(44-41)31-19-10-5-11-20-31/h4-26,29,36,38,40H,27-28H2,1-3H3. The highest BCUT2D eigenvalue weighted by Crippen LogP contribution is 2.52. The molecule has 1 saturated heterocycles. The third-order valence-corrected chi connectivity index (χ3v) is 12.5. The van der Waals surface area contributed by atoms with Crippen LogP contribution in [0.5, 0.6) is 0 Å². The number of nitrogens with zero attached hydrogens (tertiary/aromatic N) is 1. The Labute approximate surface area is 284 Å². The van der Waals surface area contributed by atoms with Crippen molar-refractivity contribution < 1.29 is 8.84 Å². The molecule has 3 atom stereocenters. The molecule has 0 spiro atoms. The smallest absolute Gasteiger partial charge is 0.283 e. The Morgan fingerprint density at radius 2 is 1.30 bits per heavy atom. The summed E-state index contributed by atoms with van der Waals surface area (Å²) in [5.74, 6) is 2.80. The van der Waals surface area contributed by atoms with E-state index < -0.39 is 9.04 Å². The summed E-state index contributed by atoms with van der Waals surface area (Å²) in [5.41, 5.74) is 5.55. The molecule has 1 aromatic heterocycles. The number of hydrogen-bond donors (Lipinski definition) is 0. The van der Waals surface area contributed by atoms with Gasteiger partial charge >= 0.3 is 0 Å². The van der Waals surface area contributed by atoms with Gasteiger partial charge in [-0.2, -0.15) is 0 Å². The van der Waals surface area contributed by atoms with Gasteiger partial charge in [0.1, 0.15) is 5.69 Å². The molecule has 0 aliphatic carbocycles. The number of benzene rings is 5. The molecule has 0 saturated carbocycles. The van der Waals surface area contributed by atoms with Crippen LogP contribution < -0.4 is 10.4 Å². The zero-order valence-corrected chi connectivity index (χ0v) is 29.0. The zero-order chi connectivity index (χ0) is 32.2. The molecule has 7 rings (SSSR count). The molecule has 0 amide bonds. The molecule has 2 heterocycles. The van der Waals surface area contributed by atoms with E-state index in [-0.39, 0.29) is 22.7 Å². The fourth-order valence-electron chi connectivity index (χ4n) is 6.40. The number of aromatic nitrogens is 1. The summed E-state index contributed by atoms with van der Waals surface area (Å²) in [6.45, 7) is 6.84. The minimum absolute atomic E-state index is 0.0226. The monoisotopic (exact) mass is 650 g/mol. The van der Waals surface area contributed by atoms with Crippen molar-refractivity contribution in [2.24, 2.45) is 5.92 Å². The van der Waals surface area contributed by atoms with Crippen LogP contribution >= 0.6 is 11.8 Å². The fraction of sp³-hybridized carbons (Fsp3) is 0.214. The topological polar surface area (TPSA) is 35.3 Å². The SMILES string of the molecule is CC(C)(C)c1cccc(C(O[Si](c2ccccc2)c2ccccc2)C2CCSC2c2nc(-c3ccccc3)c(-c3ccccc3)o2)c1. The van der Waals surface area contributed by atoms with Crippen LogP contribution in [0.4, 0.5) is 0 Å². The molecule has 5 heteroatoms. The average Bonchev–Trinajstić information content (AvgIpc) is 3.78. The quantitative estimate of drug-likeness (QED) is 0.146. The van der Waals surface area contributed by atoms with Crippen LogP contribution in [0, 0.1) is 5.92 Å². The lowest BCUT2D eigenvalue weighted by Crippen LogP contribution is -2.46. The summed E-state index contributed by atoms with van der Waals surface area (Å²) in [4.78, 5) is 5.28. The number of hydrogen-bond acceptors (Lipinski definition) is 4. The van der Waals surface area contributed by atoms with Crippen molar-refractivity contribution in [2.75, 3.05) is 5.75 Å². The van der Waals surface area contributed by atoms with Gasteiger partial charge in [-0.1, -0.05) is 166 Å². The van der Waals surface area contributed by atoms with Crippen molar-refractivity contribution in [1.29, 1.82) is 0 Å². The maximum absolute atomic E-state index is 7.54. The highest BCUT2D eigenvalue weighted by molar-refractivity contribution is 7.99. The van der Waals surface area contributed by atoms with E-state index in [0.29, 0.717) is 0 Å². The second-order valence-electron chi connectivity index (χ2n) is 13.2. The van der Waals surface area contributed by atoms with Crippen LogP contribution in [0.2, 0.25) is 0 Å². The molecule has 0 N–H and O–H groups in total. The Balaban J connectivity index is 1.34. The highest BCUT2D eigenvalue weighted by Gasteiger charge is 2.42. The lowest BCUT2D eigenvalue weighted by molar-refractivity contribution is 0.133. The third-order valence-electron chi connectivity index (χ3n) is 8.89. The summed E-state index contributed by atoms with van der Waals surface area (Å²) in [5, 5.41) is 2.54. The third kappa shape index (κ3) is 6.94. The Bertz CT molecular complexity index is 1790. The molecule has 1 aliphatic rings. The normalized spacial score (nSPS) is 17.2. The van der Waals surface area contributed by atoms with Crippen molar-refractivity contribution in [3.63, 3.8) is 0 Å². The molecule has 1 fully saturated rings. The largest absolute Gasteiger partial charge is 0.439 e. The van der Waals surface area contributed by atoms with E-state index in [4.69, 9.17) is 13.8 Å². The van der Waals surface area contributed by atoms with Gasteiger partial charge in [-0.15, -0.1) is 11.8 Å². The van der Waals surface area contributed by atoms with E-state index in [1.54, 1.807) is 0 Å². The lowest BCUT2D eigenvalue weighted by atomic mass is 9.83. The van der Waals surface area contributed by atoms with Crippen molar-refractivity contribution in [2.45, 2.75) is 44.0 Å². The molecule has 3 nitrogen and oxygen atoms in total. The summed E-state index contributed by atoms with van der Waals surface area (Å²) in [7, 11) is -1.58. The van der Waals surface area contributed by atoms with Gasteiger partial charge in [-0.25, -0.2) is 4.98 Å². The maximum Gasteiger partial charge on any atom is 0.283 e. The second kappa shape index (κ2) is 13.9. The van der Waals surface area contributed by atoms with Gasteiger partial charge in [0.05, 0.1) is 11.4 Å². The average molecular weight is 651 g/mol. The minimum atomic E-state index is -1.58. The first-order valence-electron chi connectivity index (χ1n) is 16.4. The summed E-state index contributed by atoms with van der Waals surface area (Å²) in [6.07, 6.45) is 0.876. The molecule has 47 heavy (non-hydrogen) atoms. The Kier molecular flexibility index (Phi) is 9.30. The molecule has 5 aromatic carbocycles. The van der Waals surface area contributed by atoms with E-state index in [9.17, 15) is 0 Å². The molecule has 6 aromatic rings. The second-order valence-corrected chi connectivity index (χ2v) is 16.5. The molecular weight excluding hydrogens is 611 g/mol. The van der Waals surface area contributed by atoms with Crippen molar-refractivity contribution >= 4 is 31.2 Å². The van der Waals surface area contributed by atoms with E-state index in [2.05, 4.69) is 154 Å². The Morgan fingerprint density at radius 1 is 0.723 bits per heavy atom. The molecule has 3 unspecified atom stereocenters. The van der Waals surface area contributed by atoms with Crippen LogP contribution in [0.3, 0.4) is 0 Å². The van der Waals surface area contributed by atoms with E-state index >= 15 is 0 Å². The summed E-state index contributed by atoms with van der Waals surface area (Å²) >= 11 is 1.94. The first-order valence-corrected chi connectivity index (χ1v) is 18.9. The van der Waals surface area contributed by atoms with Crippen LogP contribution in [0.15, 0.2) is 150 Å². The van der Waals surface area contributed by atoms with Gasteiger partial charge in [0, 0.05) is 17.0 Å². The first-order chi connectivity index (χ1) is 23.0. The molecule has 235 valence electrons. The first kappa shape index (κ1) is 31.4. The van der Waals surface area contributed by atoms with Gasteiger partial charge in [-0.05, 0) is 39.1 Å². The number of oxazole rings is 1. The molecule has 0 bridgehead atoms. The Hall–Kier alpha value is -4.16. The van der Waals surface area contributed by atoms with Crippen LogP contribution in [0.1, 0.15) is 55.6 Å². The lowest BCUT2D eigenvalue weighted by Gasteiger charge is -2.32. The highest BCUT2D eigenvalue weighted by atomic mass is 32.2. The van der Waals surface area contributed by atoms with E-state index in [1.165, 1.54) is 21.5 Å². The number of thioether (sulfide) groups is 1. The molecular formula is C42H40NO2SSi. The van der Waals surface area contributed by atoms with Crippen molar-refractivity contribution in [3.8, 4) is 22.6 Å². The Morgan fingerprint density at radius 3 is 1.89 bits per heavy atom. The maximum atomic E-state index is 7.54. The van der Waals surface area contributed by atoms with E-state index in [1.807, 2.05) is 23.9 Å². The van der Waals surface area contributed by atoms with Gasteiger partial charge in [0.2, 0.25) is 5.89 Å². The molecule has 1 radical (unpaired) electrons. The minimum Gasteiger partial charge on any atom is -0.439 e. The molecule has 1 aliphatic heterocycles. The van der Waals surface area contributed by atoms with Gasteiger partial charge in [-0.3, -0.25) is 0 Å². The predicted molar refractivity (Wildman–Crippen MR) is 198 cm³/mol. The van der Waals surface area contributed by atoms with Crippen LogP contribution in [0.25, 0.3) is 22.6 Å². The van der Waals surface area contributed by atoms with Gasteiger partial charge < -0.3 is 8.84 Å². The van der Waals surface area contributed by atoms with Crippen molar-refractivity contribution in [1.82, 2.24) is 4.98 Å². The van der Waals surface area contributed by atoms with Crippen molar-refractivity contribution in [3.05, 3.63) is 163 Å². The van der Waals surface area contributed by atoms with Gasteiger partial charge in [0.15, 0.2) is 5.76 Å². The predicted octanol–water partition coefficient (Wildman–Crippen LogP) is 9.66. The summed E-state index contributed by atoms with van der Waals surface area (Å²) in [6, 6.07) is 51.4. The summed E-state index contributed by atoms with van der Waals surface area (Å²) < 4.78 is 14.4. The number of rotatable bonds is 9. The van der Waals surface area contributed by atoms with Crippen LogP contribution in [-0.2, 0) is 9.84 Å². The zero-order valence-electron chi connectivity index (χ0n) is 27.2. The fourth-order valence-corrected chi connectivity index (χ4v) is 9.99. The van der Waals surface area contributed by atoms with Crippen LogP contribution in [-0.4, -0.2) is 19.8 Å². The van der Waals surface area contributed by atoms with Gasteiger partial charge in [0.25, 0.3) is 9.04 Å².